The third-order valence-electron chi connectivity index (χ3n) is 5.16. The van der Waals surface area contributed by atoms with Crippen molar-refractivity contribution < 1.29 is 18.7 Å². The zero-order chi connectivity index (χ0) is 19.5. The van der Waals surface area contributed by atoms with Crippen LogP contribution in [0.2, 0.25) is 0 Å². The number of carboxylic acids is 1. The zero-order valence-electron chi connectivity index (χ0n) is 14.1. The molecule has 0 amide bonds. The summed E-state index contributed by atoms with van der Waals surface area (Å²) in [6, 6.07) is -0.762. The van der Waals surface area contributed by atoms with E-state index in [2.05, 4.69) is 5.18 Å². The molecule has 1 aliphatic carbocycles. The number of halogens is 2. The maximum Gasteiger partial charge on any atom is 0.341 e. The van der Waals surface area contributed by atoms with Gasteiger partial charge >= 0.3 is 5.97 Å². The van der Waals surface area contributed by atoms with Crippen LogP contribution in [0.15, 0.2) is 16.2 Å². The number of hydrogen-bond acceptors (Lipinski definition) is 6. The van der Waals surface area contributed by atoms with Crippen LogP contribution in [0.25, 0.3) is 10.9 Å². The Hall–Kier alpha value is -3.04. The molecule has 2 fully saturated rings. The van der Waals surface area contributed by atoms with Crippen molar-refractivity contribution in [3.05, 3.63) is 38.5 Å². The van der Waals surface area contributed by atoms with Crippen molar-refractivity contribution in [2.24, 2.45) is 5.18 Å². The Morgan fingerprint density at radius 3 is 2.52 bits per heavy atom. The van der Waals surface area contributed by atoms with E-state index in [1.165, 1.54) is 9.47 Å². The van der Waals surface area contributed by atoms with Crippen molar-refractivity contribution in [3.8, 4) is 0 Å². The maximum atomic E-state index is 15.4. The van der Waals surface area contributed by atoms with Gasteiger partial charge in [-0.15, -0.1) is 0 Å². The van der Waals surface area contributed by atoms with Gasteiger partial charge in [0.1, 0.15) is 17.3 Å². The van der Waals surface area contributed by atoms with Crippen molar-refractivity contribution in [2.75, 3.05) is 23.7 Å². The van der Waals surface area contributed by atoms with Gasteiger partial charge in [0, 0.05) is 25.3 Å². The molecule has 1 saturated carbocycles. The van der Waals surface area contributed by atoms with E-state index in [9.17, 15) is 24.0 Å². The molecule has 2 aliphatic rings. The number of benzene rings is 1. The average Bonchev–Trinajstić information content (AvgIpc) is 3.37. The fraction of sp³-hybridized carbons (Fsp3) is 0.412. The molecule has 2 heterocycles. The number of carbonyl (C=O) groups is 1. The van der Waals surface area contributed by atoms with Crippen LogP contribution in [0, 0.1) is 16.5 Å². The predicted octanol–water partition coefficient (Wildman–Crippen LogP) is 2.24. The van der Waals surface area contributed by atoms with Crippen LogP contribution in [-0.4, -0.2) is 34.8 Å². The Bertz CT molecular complexity index is 1050. The number of pyridine rings is 1. The van der Waals surface area contributed by atoms with Gasteiger partial charge in [0.05, 0.1) is 16.6 Å². The summed E-state index contributed by atoms with van der Waals surface area (Å²) in [5.41, 5.74) is 3.01. The minimum atomic E-state index is -1.49. The van der Waals surface area contributed by atoms with Gasteiger partial charge in [-0.2, -0.15) is 4.91 Å². The molecule has 4 rings (SSSR count). The predicted molar refractivity (Wildman–Crippen MR) is 94.2 cm³/mol. The summed E-state index contributed by atoms with van der Waals surface area (Å²) in [6.07, 6.45) is 2.82. The van der Waals surface area contributed by atoms with Crippen LogP contribution in [0.3, 0.4) is 0 Å². The molecule has 10 heteroatoms. The van der Waals surface area contributed by atoms with Gasteiger partial charge in [0.15, 0.2) is 11.6 Å². The van der Waals surface area contributed by atoms with Crippen LogP contribution in [0.4, 0.5) is 20.2 Å². The third kappa shape index (κ3) is 2.54. The van der Waals surface area contributed by atoms with Gasteiger partial charge in [0.25, 0.3) is 0 Å². The number of aromatic nitrogens is 1. The van der Waals surface area contributed by atoms with Gasteiger partial charge < -0.3 is 20.3 Å². The van der Waals surface area contributed by atoms with Crippen molar-refractivity contribution in [1.82, 2.24) is 4.57 Å². The van der Waals surface area contributed by atoms with Gasteiger partial charge in [-0.05, 0) is 19.3 Å². The summed E-state index contributed by atoms with van der Waals surface area (Å²) in [5.74, 6) is -3.60. The monoisotopic (exact) mass is 378 g/mol. The van der Waals surface area contributed by atoms with Gasteiger partial charge in [-0.1, -0.05) is 5.18 Å². The number of nitrogens with zero attached hydrogens (tertiary/aromatic N) is 3. The largest absolute Gasteiger partial charge is 0.477 e. The first-order valence-electron chi connectivity index (χ1n) is 8.51. The van der Waals surface area contributed by atoms with E-state index in [4.69, 9.17) is 5.73 Å². The number of hydrogen-bond donors (Lipinski definition) is 2. The SMILES string of the molecule is Nc1c(F)c(N2CCC(N=O)C2)c(F)c2c1c(=O)c(C(=O)O)cn2C1CC1. The third-order valence-corrected chi connectivity index (χ3v) is 5.16. The molecule has 0 bridgehead atoms. The Labute approximate surface area is 151 Å². The number of anilines is 2. The second-order valence-electron chi connectivity index (χ2n) is 6.92. The molecular weight excluding hydrogens is 362 g/mol. The molecule has 1 unspecified atom stereocenters. The first-order valence-corrected chi connectivity index (χ1v) is 8.51. The Morgan fingerprint density at radius 1 is 1.26 bits per heavy atom. The number of nitrogens with two attached hydrogens (primary N) is 1. The molecule has 142 valence electrons. The van der Waals surface area contributed by atoms with Crippen LogP contribution >= 0.6 is 0 Å². The lowest BCUT2D eigenvalue weighted by Gasteiger charge is -2.23. The molecule has 8 nitrogen and oxygen atoms in total. The van der Waals surface area contributed by atoms with E-state index in [-0.39, 0.29) is 24.6 Å². The number of nitroso groups, excluding NO2 is 1. The maximum absolute atomic E-state index is 15.4. The van der Waals surface area contributed by atoms with E-state index >= 15 is 4.39 Å². The highest BCUT2D eigenvalue weighted by molar-refractivity contribution is 5.99. The molecule has 1 saturated heterocycles. The minimum absolute atomic E-state index is 0.0448. The van der Waals surface area contributed by atoms with Crippen molar-refractivity contribution in [1.29, 1.82) is 0 Å². The highest BCUT2D eigenvalue weighted by Gasteiger charge is 2.34. The van der Waals surface area contributed by atoms with Gasteiger partial charge in [-0.3, -0.25) is 4.79 Å². The summed E-state index contributed by atoms with van der Waals surface area (Å²) in [6.45, 7) is 0.263. The van der Waals surface area contributed by atoms with Crippen LogP contribution in [-0.2, 0) is 0 Å². The average molecular weight is 378 g/mol. The van der Waals surface area contributed by atoms with Crippen LogP contribution in [0.1, 0.15) is 35.7 Å². The summed E-state index contributed by atoms with van der Waals surface area (Å²) in [7, 11) is 0. The van der Waals surface area contributed by atoms with E-state index in [0.29, 0.717) is 19.3 Å². The lowest BCUT2D eigenvalue weighted by atomic mass is 10.1. The van der Waals surface area contributed by atoms with E-state index < -0.39 is 51.4 Å². The summed E-state index contributed by atoms with van der Waals surface area (Å²) >= 11 is 0. The van der Waals surface area contributed by atoms with Crippen molar-refractivity contribution >= 4 is 28.2 Å². The Kier molecular flexibility index (Phi) is 3.86. The summed E-state index contributed by atoms with van der Waals surface area (Å²) in [5, 5.41) is 11.7. The van der Waals surface area contributed by atoms with E-state index in [1.807, 2.05) is 0 Å². The second kappa shape index (κ2) is 6.00. The molecule has 0 spiro atoms. The number of nitrogen functional groups attached to an aromatic ring is 1. The number of fused-ring (bicyclic) bond motifs is 1. The van der Waals surface area contributed by atoms with Gasteiger partial charge in [0.2, 0.25) is 5.43 Å². The number of rotatable bonds is 4. The number of aromatic carboxylic acids is 1. The highest BCUT2D eigenvalue weighted by atomic mass is 19.1. The van der Waals surface area contributed by atoms with Crippen LogP contribution in [0.5, 0.6) is 0 Å². The van der Waals surface area contributed by atoms with Crippen molar-refractivity contribution in [3.63, 3.8) is 0 Å². The molecule has 1 aromatic carbocycles. The quantitative estimate of drug-likeness (QED) is 0.622. The van der Waals surface area contributed by atoms with Gasteiger partial charge in [-0.25, -0.2) is 13.6 Å². The lowest BCUT2D eigenvalue weighted by molar-refractivity contribution is 0.0695. The molecule has 0 radical (unpaired) electrons. The molecule has 3 N–H and O–H groups in total. The minimum Gasteiger partial charge on any atom is -0.477 e. The normalized spacial score (nSPS) is 19.6. The number of carboxylic acid groups (broad SMARTS) is 1. The molecule has 2 aromatic rings. The van der Waals surface area contributed by atoms with Crippen molar-refractivity contribution in [2.45, 2.75) is 31.3 Å². The summed E-state index contributed by atoms with van der Waals surface area (Å²) in [4.78, 5) is 36.0. The first kappa shape index (κ1) is 17.4. The van der Waals surface area contributed by atoms with E-state index in [1.54, 1.807) is 0 Å². The fourth-order valence-corrected chi connectivity index (χ4v) is 3.65. The summed E-state index contributed by atoms with van der Waals surface area (Å²) < 4.78 is 31.7. The molecule has 1 atom stereocenters. The second-order valence-corrected chi connectivity index (χ2v) is 6.92. The zero-order valence-corrected chi connectivity index (χ0v) is 14.1. The highest BCUT2D eigenvalue weighted by Crippen LogP contribution is 2.42. The molecular formula is C17H16F2N4O4. The Balaban J connectivity index is 2.05. The molecule has 1 aliphatic heterocycles. The fourth-order valence-electron chi connectivity index (χ4n) is 3.65. The standard InChI is InChI=1S/C17H16F2N4O4/c18-11-13(20)10-14(12(19)15(11)22-4-3-7(5-22)21-27)23(8-1-2-8)6-9(16(10)24)17(25)26/h6-8H,1-5,20H2,(H,25,26). The first-order chi connectivity index (χ1) is 12.8. The lowest BCUT2D eigenvalue weighted by Crippen LogP contribution is -2.26. The smallest absolute Gasteiger partial charge is 0.341 e. The van der Waals surface area contributed by atoms with Crippen LogP contribution < -0.4 is 16.1 Å². The molecule has 1 aromatic heterocycles. The topological polar surface area (TPSA) is 118 Å². The Morgan fingerprint density at radius 2 is 1.96 bits per heavy atom. The van der Waals surface area contributed by atoms with E-state index in [0.717, 1.165) is 6.20 Å². The molecule has 27 heavy (non-hydrogen) atoms.